The van der Waals surface area contributed by atoms with Crippen LogP contribution in [0.3, 0.4) is 0 Å². The maximum Gasteiger partial charge on any atom is 0.309 e. The lowest BCUT2D eigenvalue weighted by atomic mass is 10.2. The summed E-state index contributed by atoms with van der Waals surface area (Å²) in [4.78, 5) is 13.5. The fraction of sp³-hybridized carbons (Fsp3) is 0.583. The van der Waals surface area contributed by atoms with Gasteiger partial charge in [-0.15, -0.1) is 0 Å². The molecule has 0 aliphatic rings. The maximum atomic E-state index is 11.4. The van der Waals surface area contributed by atoms with Crippen LogP contribution in [0.4, 0.5) is 0 Å². The zero-order valence-electron chi connectivity index (χ0n) is 10.1. The van der Waals surface area contributed by atoms with Crippen molar-refractivity contribution >= 4 is 5.97 Å². The van der Waals surface area contributed by atoms with Crippen molar-refractivity contribution in [3.8, 4) is 0 Å². The van der Waals surface area contributed by atoms with Crippen LogP contribution in [0.1, 0.15) is 19.6 Å². The van der Waals surface area contributed by atoms with Crippen molar-refractivity contribution in [2.75, 3.05) is 20.2 Å². The van der Waals surface area contributed by atoms with Crippen LogP contribution in [-0.4, -0.2) is 31.1 Å². The Morgan fingerprint density at radius 2 is 2.38 bits per heavy atom. The summed E-state index contributed by atoms with van der Waals surface area (Å²) in [6.45, 7) is 5.50. The molecule has 0 saturated heterocycles. The molecule has 1 aromatic rings. The molecule has 0 radical (unpaired) electrons. The molecular formula is C12H19NO3. The van der Waals surface area contributed by atoms with Crippen molar-refractivity contribution in [3.63, 3.8) is 0 Å². The van der Waals surface area contributed by atoms with E-state index in [1.807, 2.05) is 37.9 Å². The highest BCUT2D eigenvalue weighted by molar-refractivity contribution is 5.72. The standard InChI is InChI=1S/C12H19NO3/c1-4-15-12(14)10(2)8-13(3)9-11-6-5-7-16-11/h5-7,10H,4,8-9H2,1-3H3. The van der Waals surface area contributed by atoms with Crippen LogP contribution in [0.25, 0.3) is 0 Å². The van der Waals surface area contributed by atoms with Gasteiger partial charge in [-0.3, -0.25) is 9.69 Å². The highest BCUT2D eigenvalue weighted by Gasteiger charge is 2.16. The lowest BCUT2D eigenvalue weighted by Crippen LogP contribution is -2.29. The first-order valence-electron chi connectivity index (χ1n) is 5.51. The highest BCUT2D eigenvalue weighted by atomic mass is 16.5. The normalized spacial score (nSPS) is 12.8. The Labute approximate surface area is 96.2 Å². The van der Waals surface area contributed by atoms with E-state index in [1.165, 1.54) is 0 Å². The van der Waals surface area contributed by atoms with Gasteiger partial charge in [-0.2, -0.15) is 0 Å². The first-order chi connectivity index (χ1) is 7.63. The van der Waals surface area contributed by atoms with Gasteiger partial charge in [0.1, 0.15) is 5.76 Å². The summed E-state index contributed by atoms with van der Waals surface area (Å²) in [5, 5.41) is 0. The minimum Gasteiger partial charge on any atom is -0.468 e. The zero-order chi connectivity index (χ0) is 12.0. The number of hydrogen-bond donors (Lipinski definition) is 0. The summed E-state index contributed by atoms with van der Waals surface area (Å²) in [6, 6.07) is 3.78. The molecule has 1 atom stereocenters. The molecule has 1 heterocycles. The molecule has 0 amide bonds. The van der Waals surface area contributed by atoms with Crippen molar-refractivity contribution in [1.29, 1.82) is 0 Å². The highest BCUT2D eigenvalue weighted by Crippen LogP contribution is 2.07. The van der Waals surface area contributed by atoms with E-state index in [2.05, 4.69) is 0 Å². The number of rotatable bonds is 6. The van der Waals surface area contributed by atoms with Gasteiger partial charge in [-0.05, 0) is 26.1 Å². The number of esters is 1. The van der Waals surface area contributed by atoms with Crippen LogP contribution in [-0.2, 0) is 16.1 Å². The van der Waals surface area contributed by atoms with Gasteiger partial charge in [0.15, 0.2) is 0 Å². The Bertz CT molecular complexity index is 308. The van der Waals surface area contributed by atoms with Crippen LogP contribution in [0, 0.1) is 5.92 Å². The number of furan rings is 1. The molecule has 0 N–H and O–H groups in total. The lowest BCUT2D eigenvalue weighted by Gasteiger charge is -2.19. The molecule has 0 bridgehead atoms. The Balaban J connectivity index is 2.33. The number of nitrogens with zero attached hydrogens (tertiary/aromatic N) is 1. The molecule has 0 fully saturated rings. The predicted octanol–water partition coefficient (Wildman–Crippen LogP) is 1.91. The van der Waals surface area contributed by atoms with Gasteiger partial charge >= 0.3 is 5.97 Å². The molecule has 0 aromatic carbocycles. The fourth-order valence-corrected chi connectivity index (χ4v) is 1.56. The van der Waals surface area contributed by atoms with Crippen molar-refractivity contribution in [3.05, 3.63) is 24.2 Å². The molecule has 0 spiro atoms. The van der Waals surface area contributed by atoms with Gasteiger partial charge in [-0.25, -0.2) is 0 Å². The number of carbonyl (C=O) groups excluding carboxylic acids is 1. The molecule has 4 heteroatoms. The largest absolute Gasteiger partial charge is 0.468 e. The summed E-state index contributed by atoms with van der Waals surface area (Å²) in [6.07, 6.45) is 1.65. The third kappa shape index (κ3) is 4.06. The predicted molar refractivity (Wildman–Crippen MR) is 60.8 cm³/mol. The SMILES string of the molecule is CCOC(=O)C(C)CN(C)Cc1ccco1. The van der Waals surface area contributed by atoms with Gasteiger partial charge < -0.3 is 9.15 Å². The Kier molecular flexibility index (Phi) is 5.05. The first-order valence-corrected chi connectivity index (χ1v) is 5.51. The zero-order valence-corrected chi connectivity index (χ0v) is 10.1. The number of hydrogen-bond acceptors (Lipinski definition) is 4. The minimum absolute atomic E-state index is 0.111. The van der Waals surface area contributed by atoms with E-state index in [0.717, 1.165) is 5.76 Å². The van der Waals surface area contributed by atoms with E-state index in [1.54, 1.807) is 6.26 Å². The lowest BCUT2D eigenvalue weighted by molar-refractivity contribution is -0.148. The maximum absolute atomic E-state index is 11.4. The van der Waals surface area contributed by atoms with Gasteiger partial charge in [-0.1, -0.05) is 6.92 Å². The van der Waals surface area contributed by atoms with Crippen LogP contribution in [0.15, 0.2) is 22.8 Å². The second-order valence-corrected chi connectivity index (χ2v) is 3.93. The average molecular weight is 225 g/mol. The van der Waals surface area contributed by atoms with Crippen molar-refractivity contribution in [1.82, 2.24) is 4.90 Å². The quantitative estimate of drug-likeness (QED) is 0.694. The van der Waals surface area contributed by atoms with E-state index in [9.17, 15) is 4.79 Å². The van der Waals surface area contributed by atoms with Crippen molar-refractivity contribution in [2.45, 2.75) is 20.4 Å². The summed E-state index contributed by atoms with van der Waals surface area (Å²) in [5.74, 6) is 0.646. The van der Waals surface area contributed by atoms with Crippen molar-refractivity contribution < 1.29 is 13.9 Å². The molecule has 1 aromatic heterocycles. The Hall–Kier alpha value is -1.29. The molecule has 16 heavy (non-hydrogen) atoms. The molecule has 4 nitrogen and oxygen atoms in total. The smallest absolute Gasteiger partial charge is 0.309 e. The monoisotopic (exact) mass is 225 g/mol. The Morgan fingerprint density at radius 3 is 2.94 bits per heavy atom. The summed E-state index contributed by atoms with van der Waals surface area (Å²) < 4.78 is 10.2. The van der Waals surface area contributed by atoms with Crippen LogP contribution < -0.4 is 0 Å². The molecular weight excluding hydrogens is 206 g/mol. The van der Waals surface area contributed by atoms with E-state index >= 15 is 0 Å². The second kappa shape index (κ2) is 6.33. The molecule has 0 aliphatic heterocycles. The summed E-state index contributed by atoms with van der Waals surface area (Å²) in [7, 11) is 1.96. The summed E-state index contributed by atoms with van der Waals surface area (Å²) >= 11 is 0. The molecule has 0 saturated carbocycles. The van der Waals surface area contributed by atoms with Gasteiger partial charge in [0.2, 0.25) is 0 Å². The number of ether oxygens (including phenoxy) is 1. The van der Waals surface area contributed by atoms with E-state index in [-0.39, 0.29) is 11.9 Å². The summed E-state index contributed by atoms with van der Waals surface area (Å²) in [5.41, 5.74) is 0. The van der Waals surface area contributed by atoms with E-state index in [4.69, 9.17) is 9.15 Å². The molecule has 0 aliphatic carbocycles. The average Bonchev–Trinajstić information content (AvgIpc) is 2.70. The third-order valence-corrected chi connectivity index (χ3v) is 2.28. The van der Waals surface area contributed by atoms with Crippen LogP contribution in [0.5, 0.6) is 0 Å². The molecule has 1 rings (SSSR count). The Morgan fingerprint density at radius 1 is 1.62 bits per heavy atom. The van der Waals surface area contributed by atoms with Gasteiger partial charge in [0.05, 0.1) is 25.3 Å². The van der Waals surface area contributed by atoms with E-state index < -0.39 is 0 Å². The van der Waals surface area contributed by atoms with Crippen molar-refractivity contribution in [2.24, 2.45) is 5.92 Å². The van der Waals surface area contributed by atoms with Crippen LogP contribution >= 0.6 is 0 Å². The van der Waals surface area contributed by atoms with Crippen LogP contribution in [0.2, 0.25) is 0 Å². The number of carbonyl (C=O) groups is 1. The topological polar surface area (TPSA) is 42.7 Å². The third-order valence-electron chi connectivity index (χ3n) is 2.28. The minimum atomic E-state index is -0.145. The molecule has 90 valence electrons. The first kappa shape index (κ1) is 12.8. The van der Waals surface area contributed by atoms with Gasteiger partial charge in [0, 0.05) is 6.54 Å². The second-order valence-electron chi connectivity index (χ2n) is 3.93. The van der Waals surface area contributed by atoms with Gasteiger partial charge in [0.25, 0.3) is 0 Å². The fourth-order valence-electron chi connectivity index (χ4n) is 1.56. The molecule has 1 unspecified atom stereocenters. The van der Waals surface area contributed by atoms with E-state index in [0.29, 0.717) is 19.7 Å².